The van der Waals surface area contributed by atoms with Crippen molar-refractivity contribution in [1.29, 1.82) is 0 Å². The van der Waals surface area contributed by atoms with Crippen LogP contribution in [0, 0.1) is 13.5 Å². The Labute approximate surface area is 101 Å². The van der Waals surface area contributed by atoms with Gasteiger partial charge in [0.25, 0.3) is 0 Å². The second-order valence-corrected chi connectivity index (χ2v) is 6.79. The van der Waals surface area contributed by atoms with Crippen LogP contribution in [0.2, 0.25) is 0 Å². The highest BCUT2D eigenvalue weighted by Crippen LogP contribution is 2.26. The zero-order chi connectivity index (χ0) is 12.5. The average Bonchev–Trinajstić information content (AvgIpc) is 2.61. The van der Waals surface area contributed by atoms with Crippen LogP contribution in [-0.4, -0.2) is 24.4 Å². The molecule has 1 aliphatic heterocycles. The fourth-order valence-corrected chi connectivity index (χ4v) is 4.03. The molecule has 2 rings (SSSR count). The minimum atomic E-state index is -2.93. The van der Waals surface area contributed by atoms with Gasteiger partial charge in [0, 0.05) is 11.9 Å². The van der Waals surface area contributed by atoms with Gasteiger partial charge in [0.05, 0.1) is 17.6 Å². The summed E-state index contributed by atoms with van der Waals surface area (Å²) >= 11 is 0. The maximum absolute atomic E-state index is 11.8. The molecule has 2 heterocycles. The topological polar surface area (TPSA) is 51.4 Å². The molecule has 1 unspecified atom stereocenters. The quantitative estimate of drug-likeness (QED) is 0.755. The molecule has 1 fully saturated rings. The Kier molecular flexibility index (Phi) is 3.16. The number of nitrogens with zero attached hydrogens (tertiary/aromatic N) is 2. The van der Waals surface area contributed by atoms with Crippen LogP contribution in [0.25, 0.3) is 4.85 Å². The van der Waals surface area contributed by atoms with Crippen LogP contribution < -0.4 is 0 Å². The highest BCUT2D eigenvalue weighted by molar-refractivity contribution is 7.92. The summed E-state index contributed by atoms with van der Waals surface area (Å²) in [6, 6.07) is 1.75. The normalized spacial score (nSPS) is 22.2. The summed E-state index contributed by atoms with van der Waals surface area (Å²) in [6.07, 6.45) is 3.49. The van der Waals surface area contributed by atoms with Crippen molar-refractivity contribution in [3.63, 3.8) is 0 Å². The molecule has 1 aromatic heterocycles. The molecular weight excluding hydrogens is 236 g/mol. The van der Waals surface area contributed by atoms with Gasteiger partial charge >= 0.3 is 0 Å². The summed E-state index contributed by atoms with van der Waals surface area (Å²) < 4.78 is 23.5. The molecule has 0 radical (unpaired) electrons. The molecule has 1 saturated heterocycles. The summed E-state index contributed by atoms with van der Waals surface area (Å²) in [5.74, 6) is 0.298. The average molecular weight is 250 g/mol. The molecule has 0 saturated carbocycles. The van der Waals surface area contributed by atoms with E-state index in [-0.39, 0.29) is 5.25 Å². The van der Waals surface area contributed by atoms with E-state index < -0.39 is 9.84 Å². The molecule has 1 aliphatic rings. The third-order valence-corrected chi connectivity index (χ3v) is 5.49. The number of aryl methyl sites for hydroxylation is 1. The molecule has 0 aliphatic carbocycles. The summed E-state index contributed by atoms with van der Waals surface area (Å²) in [7, 11) is -2.93. The third-order valence-electron chi connectivity index (χ3n) is 3.22. The van der Waals surface area contributed by atoms with Gasteiger partial charge in [0.2, 0.25) is 5.69 Å². The highest BCUT2D eigenvalue weighted by atomic mass is 32.2. The van der Waals surface area contributed by atoms with E-state index in [1.54, 1.807) is 6.07 Å². The highest BCUT2D eigenvalue weighted by Gasteiger charge is 2.31. The van der Waals surface area contributed by atoms with Crippen LogP contribution in [0.1, 0.15) is 24.1 Å². The summed E-state index contributed by atoms with van der Waals surface area (Å²) in [4.78, 5) is 7.45. The van der Waals surface area contributed by atoms with E-state index in [2.05, 4.69) is 9.83 Å². The van der Waals surface area contributed by atoms with E-state index in [4.69, 9.17) is 6.57 Å². The Balaban J connectivity index is 2.28. The van der Waals surface area contributed by atoms with Crippen molar-refractivity contribution in [2.24, 2.45) is 0 Å². The SMILES string of the molecule is [C-]#[N+]c1cnc(C)c(CC2CCCS2(=O)=O)c1. The molecule has 0 amide bonds. The lowest BCUT2D eigenvalue weighted by atomic mass is 10.1. The van der Waals surface area contributed by atoms with Crippen molar-refractivity contribution in [2.45, 2.75) is 31.4 Å². The zero-order valence-electron chi connectivity index (χ0n) is 9.68. The van der Waals surface area contributed by atoms with Gasteiger partial charge in [-0.05, 0) is 37.8 Å². The molecule has 4 nitrogen and oxygen atoms in total. The fraction of sp³-hybridized carbons (Fsp3) is 0.500. The number of hydrogen-bond donors (Lipinski definition) is 0. The predicted octanol–water partition coefficient (Wildman–Crippen LogP) is 2.06. The smallest absolute Gasteiger partial charge is 0.205 e. The van der Waals surface area contributed by atoms with Crippen LogP contribution in [0.3, 0.4) is 0 Å². The van der Waals surface area contributed by atoms with E-state index >= 15 is 0 Å². The molecule has 90 valence electrons. The fourth-order valence-electron chi connectivity index (χ4n) is 2.17. The van der Waals surface area contributed by atoms with Crippen LogP contribution in [-0.2, 0) is 16.3 Å². The minimum absolute atomic E-state index is 0.288. The number of aromatic nitrogens is 1. The first-order chi connectivity index (χ1) is 8.03. The minimum Gasteiger partial charge on any atom is -0.273 e. The van der Waals surface area contributed by atoms with Crippen molar-refractivity contribution in [3.8, 4) is 0 Å². The van der Waals surface area contributed by atoms with E-state index in [0.717, 1.165) is 24.1 Å². The molecule has 0 aromatic carbocycles. The first-order valence-electron chi connectivity index (χ1n) is 5.57. The molecule has 17 heavy (non-hydrogen) atoms. The third kappa shape index (κ3) is 2.47. The molecule has 0 N–H and O–H groups in total. The van der Waals surface area contributed by atoms with Crippen molar-refractivity contribution < 1.29 is 8.42 Å². The number of pyridine rings is 1. The molecule has 1 aromatic rings. The largest absolute Gasteiger partial charge is 0.273 e. The number of rotatable bonds is 2. The summed E-state index contributed by atoms with van der Waals surface area (Å²) in [5.41, 5.74) is 2.18. The van der Waals surface area contributed by atoms with E-state index in [1.165, 1.54) is 6.20 Å². The van der Waals surface area contributed by atoms with Crippen molar-refractivity contribution in [1.82, 2.24) is 4.98 Å². The zero-order valence-corrected chi connectivity index (χ0v) is 10.5. The number of hydrogen-bond acceptors (Lipinski definition) is 3. The molecular formula is C12H14N2O2S. The van der Waals surface area contributed by atoms with Crippen LogP contribution in [0.5, 0.6) is 0 Å². The Morgan fingerprint density at radius 2 is 2.35 bits per heavy atom. The monoisotopic (exact) mass is 250 g/mol. The molecule has 5 heteroatoms. The Bertz CT molecular complexity index is 573. The van der Waals surface area contributed by atoms with Gasteiger partial charge in [0.1, 0.15) is 0 Å². The van der Waals surface area contributed by atoms with E-state index in [1.807, 2.05) is 6.92 Å². The second kappa shape index (κ2) is 4.46. The van der Waals surface area contributed by atoms with Crippen molar-refractivity contribution in [3.05, 3.63) is 34.9 Å². The van der Waals surface area contributed by atoms with Crippen LogP contribution in [0.15, 0.2) is 12.3 Å². The van der Waals surface area contributed by atoms with Gasteiger partial charge in [-0.2, -0.15) is 0 Å². The standard InChI is InChI=1S/C12H14N2O2S/c1-9-10(6-11(13-2)8-14-9)7-12-4-3-5-17(12,15)16/h6,8,12H,3-5,7H2,1H3. The first kappa shape index (κ1) is 12.1. The number of sulfone groups is 1. The lowest BCUT2D eigenvalue weighted by Crippen LogP contribution is -2.19. The van der Waals surface area contributed by atoms with E-state index in [0.29, 0.717) is 17.9 Å². The lowest BCUT2D eigenvalue weighted by molar-refractivity contribution is 0.588. The summed E-state index contributed by atoms with van der Waals surface area (Å²) in [6.45, 7) is 8.79. The van der Waals surface area contributed by atoms with Gasteiger partial charge in [-0.25, -0.2) is 13.3 Å². The predicted molar refractivity (Wildman–Crippen MR) is 65.7 cm³/mol. The molecule has 0 bridgehead atoms. The van der Waals surface area contributed by atoms with Crippen molar-refractivity contribution >= 4 is 15.5 Å². The molecule has 0 spiro atoms. The second-order valence-electron chi connectivity index (χ2n) is 4.39. The van der Waals surface area contributed by atoms with Gasteiger partial charge < -0.3 is 0 Å². The summed E-state index contributed by atoms with van der Waals surface area (Å²) in [5, 5.41) is -0.288. The van der Waals surface area contributed by atoms with Crippen molar-refractivity contribution in [2.75, 3.05) is 5.75 Å². The first-order valence-corrected chi connectivity index (χ1v) is 7.29. The lowest BCUT2D eigenvalue weighted by Gasteiger charge is -2.11. The Hall–Kier alpha value is -1.41. The maximum atomic E-state index is 11.8. The van der Waals surface area contributed by atoms with Crippen LogP contribution >= 0.6 is 0 Å². The Morgan fingerprint density at radius 3 is 2.94 bits per heavy atom. The molecule has 1 atom stereocenters. The maximum Gasteiger partial charge on any atom is 0.205 e. The van der Waals surface area contributed by atoms with Gasteiger partial charge in [0.15, 0.2) is 9.84 Å². The van der Waals surface area contributed by atoms with Gasteiger partial charge in [-0.15, -0.1) is 0 Å². The Morgan fingerprint density at radius 1 is 1.59 bits per heavy atom. The van der Waals surface area contributed by atoms with Crippen LogP contribution in [0.4, 0.5) is 5.69 Å². The van der Waals surface area contributed by atoms with E-state index in [9.17, 15) is 8.42 Å². The van der Waals surface area contributed by atoms with Gasteiger partial charge in [-0.1, -0.05) is 0 Å². The van der Waals surface area contributed by atoms with Gasteiger partial charge in [-0.3, -0.25) is 4.98 Å².